The molecule has 0 fully saturated rings. The van der Waals surface area contributed by atoms with Crippen molar-refractivity contribution in [1.29, 1.82) is 0 Å². The number of carbonyl (C=O) groups is 1. The van der Waals surface area contributed by atoms with Gasteiger partial charge in [0.1, 0.15) is 11.4 Å². The molecule has 0 radical (unpaired) electrons. The maximum atomic E-state index is 11.4. The smallest absolute Gasteiger partial charge is 0.407 e. The van der Waals surface area contributed by atoms with Gasteiger partial charge in [-0.15, -0.1) is 0 Å². The number of nitrogens with one attached hydrogen (secondary N) is 1. The van der Waals surface area contributed by atoms with Gasteiger partial charge < -0.3 is 15.2 Å². The van der Waals surface area contributed by atoms with Crippen molar-refractivity contribution in [2.45, 2.75) is 39.7 Å². The molecule has 0 heterocycles. The van der Waals surface area contributed by atoms with Crippen LogP contribution in [-0.4, -0.2) is 23.3 Å². The number of phenols is 1. The van der Waals surface area contributed by atoms with Gasteiger partial charge in [0.25, 0.3) is 0 Å². The first-order valence-corrected chi connectivity index (χ1v) is 6.53. The number of amides is 1. The predicted octanol–water partition coefficient (Wildman–Crippen LogP) is 2.97. The molecule has 0 saturated carbocycles. The van der Waals surface area contributed by atoms with Crippen molar-refractivity contribution in [3.8, 4) is 17.6 Å². The minimum Gasteiger partial charge on any atom is -0.508 e. The first-order valence-electron chi connectivity index (χ1n) is 6.53. The van der Waals surface area contributed by atoms with E-state index in [0.29, 0.717) is 13.0 Å². The number of aryl methyl sites for hydroxylation is 1. The molecule has 0 aliphatic heterocycles. The van der Waals surface area contributed by atoms with Gasteiger partial charge in [0.15, 0.2) is 0 Å². The summed E-state index contributed by atoms with van der Waals surface area (Å²) in [5.41, 5.74) is 1.31. The summed E-state index contributed by atoms with van der Waals surface area (Å²) in [6.45, 7) is 7.81. The SMILES string of the molecule is Cc1ccc(O)cc1C#CCCNC(=O)OC(C)(C)C. The second-order valence-electron chi connectivity index (χ2n) is 5.48. The van der Waals surface area contributed by atoms with Crippen LogP contribution in [0, 0.1) is 18.8 Å². The minimum absolute atomic E-state index is 0.201. The van der Waals surface area contributed by atoms with E-state index >= 15 is 0 Å². The van der Waals surface area contributed by atoms with Gasteiger partial charge in [0.05, 0.1) is 0 Å². The van der Waals surface area contributed by atoms with Crippen molar-refractivity contribution in [1.82, 2.24) is 5.32 Å². The summed E-state index contributed by atoms with van der Waals surface area (Å²) in [5.74, 6) is 6.13. The molecule has 0 unspecified atom stereocenters. The second-order valence-corrected chi connectivity index (χ2v) is 5.48. The van der Waals surface area contributed by atoms with E-state index in [1.54, 1.807) is 12.1 Å². The first kappa shape index (κ1) is 15.9. The lowest BCUT2D eigenvalue weighted by Crippen LogP contribution is -2.32. The molecule has 0 saturated heterocycles. The van der Waals surface area contributed by atoms with E-state index in [-0.39, 0.29) is 5.75 Å². The quantitative estimate of drug-likeness (QED) is 0.644. The molecule has 4 heteroatoms. The van der Waals surface area contributed by atoms with Gasteiger partial charge in [0, 0.05) is 18.5 Å². The van der Waals surface area contributed by atoms with Gasteiger partial charge in [-0.3, -0.25) is 0 Å². The van der Waals surface area contributed by atoms with E-state index in [2.05, 4.69) is 17.2 Å². The van der Waals surface area contributed by atoms with Gasteiger partial charge in [-0.2, -0.15) is 0 Å². The Hall–Kier alpha value is -2.15. The molecule has 1 aromatic carbocycles. The zero-order chi connectivity index (χ0) is 15.2. The first-order chi connectivity index (χ1) is 9.28. The molecule has 0 aromatic heterocycles. The Kier molecular flexibility index (Phi) is 5.45. The second kappa shape index (κ2) is 6.85. The molecule has 4 nitrogen and oxygen atoms in total. The molecule has 0 bridgehead atoms. The lowest BCUT2D eigenvalue weighted by atomic mass is 10.1. The zero-order valence-corrected chi connectivity index (χ0v) is 12.4. The summed E-state index contributed by atoms with van der Waals surface area (Å²) < 4.78 is 5.11. The number of hydrogen-bond acceptors (Lipinski definition) is 3. The van der Waals surface area contributed by atoms with Crippen LogP contribution in [0.25, 0.3) is 0 Å². The van der Waals surface area contributed by atoms with Crippen LogP contribution in [0.4, 0.5) is 4.79 Å². The Balaban J connectivity index is 2.40. The zero-order valence-electron chi connectivity index (χ0n) is 12.4. The predicted molar refractivity (Wildman–Crippen MR) is 78.6 cm³/mol. The van der Waals surface area contributed by atoms with Crippen LogP contribution >= 0.6 is 0 Å². The van der Waals surface area contributed by atoms with Crippen LogP contribution in [0.2, 0.25) is 0 Å². The molecular formula is C16H21NO3. The highest BCUT2D eigenvalue weighted by Gasteiger charge is 2.15. The van der Waals surface area contributed by atoms with Crippen LogP contribution in [-0.2, 0) is 4.74 Å². The lowest BCUT2D eigenvalue weighted by molar-refractivity contribution is 0.0529. The lowest BCUT2D eigenvalue weighted by Gasteiger charge is -2.19. The summed E-state index contributed by atoms with van der Waals surface area (Å²) in [4.78, 5) is 11.4. The number of hydrogen-bond donors (Lipinski definition) is 2. The van der Waals surface area contributed by atoms with Crippen molar-refractivity contribution in [2.24, 2.45) is 0 Å². The fourth-order valence-electron chi connectivity index (χ4n) is 1.44. The summed E-state index contributed by atoms with van der Waals surface area (Å²) in [5, 5.41) is 12.0. The molecule has 0 atom stereocenters. The number of rotatable bonds is 2. The third-order valence-electron chi connectivity index (χ3n) is 2.36. The number of carbonyl (C=O) groups excluding carboxylic acids is 1. The number of phenolic OH excluding ortho intramolecular Hbond substituents is 1. The van der Waals surface area contributed by atoms with Crippen molar-refractivity contribution in [3.63, 3.8) is 0 Å². The highest BCUT2D eigenvalue weighted by molar-refractivity contribution is 5.67. The summed E-state index contributed by atoms with van der Waals surface area (Å²) >= 11 is 0. The summed E-state index contributed by atoms with van der Waals surface area (Å²) in [6.07, 6.45) is 0.0850. The van der Waals surface area contributed by atoms with Gasteiger partial charge >= 0.3 is 6.09 Å². The van der Waals surface area contributed by atoms with Crippen LogP contribution in [0.5, 0.6) is 5.75 Å². The fraction of sp³-hybridized carbons (Fsp3) is 0.438. The van der Waals surface area contributed by atoms with E-state index in [0.717, 1.165) is 11.1 Å². The number of alkyl carbamates (subject to hydrolysis) is 1. The monoisotopic (exact) mass is 275 g/mol. The van der Waals surface area contributed by atoms with Crippen LogP contribution in [0.1, 0.15) is 38.3 Å². The Morgan fingerprint density at radius 3 is 2.75 bits per heavy atom. The molecule has 0 spiro atoms. The molecule has 0 aliphatic rings. The van der Waals surface area contributed by atoms with E-state index in [4.69, 9.17) is 4.74 Å². The van der Waals surface area contributed by atoms with Crippen molar-refractivity contribution in [3.05, 3.63) is 29.3 Å². The van der Waals surface area contributed by atoms with E-state index in [1.165, 1.54) is 0 Å². The van der Waals surface area contributed by atoms with Crippen molar-refractivity contribution < 1.29 is 14.6 Å². The Labute approximate surface area is 120 Å². The average Bonchev–Trinajstić information content (AvgIpc) is 2.30. The van der Waals surface area contributed by atoms with E-state index in [9.17, 15) is 9.90 Å². The Bertz CT molecular complexity index is 533. The molecule has 1 amide bonds. The number of benzene rings is 1. The van der Waals surface area contributed by atoms with E-state index < -0.39 is 11.7 Å². The highest BCUT2D eigenvalue weighted by Crippen LogP contribution is 2.14. The van der Waals surface area contributed by atoms with Crippen molar-refractivity contribution >= 4 is 6.09 Å². The van der Waals surface area contributed by atoms with Gasteiger partial charge in [-0.05, 0) is 45.4 Å². The average molecular weight is 275 g/mol. The largest absolute Gasteiger partial charge is 0.508 e. The standard InChI is InChI=1S/C16H21NO3/c1-12-8-9-14(18)11-13(12)7-5-6-10-17-15(19)20-16(2,3)4/h8-9,11,18H,6,10H2,1-4H3,(H,17,19). The Morgan fingerprint density at radius 2 is 2.10 bits per heavy atom. The van der Waals surface area contributed by atoms with Gasteiger partial charge in [-0.1, -0.05) is 17.9 Å². The third-order valence-corrected chi connectivity index (χ3v) is 2.36. The maximum absolute atomic E-state index is 11.4. The topological polar surface area (TPSA) is 58.6 Å². The van der Waals surface area contributed by atoms with Gasteiger partial charge in [-0.25, -0.2) is 4.79 Å². The summed E-state index contributed by atoms with van der Waals surface area (Å²) in [7, 11) is 0. The molecule has 1 aromatic rings. The third kappa shape index (κ3) is 6.14. The van der Waals surface area contributed by atoms with Crippen LogP contribution < -0.4 is 5.32 Å². The molecule has 0 aliphatic carbocycles. The fourth-order valence-corrected chi connectivity index (χ4v) is 1.44. The molecule has 20 heavy (non-hydrogen) atoms. The number of ether oxygens (including phenoxy) is 1. The molecule has 108 valence electrons. The van der Waals surface area contributed by atoms with Crippen LogP contribution in [0.15, 0.2) is 18.2 Å². The van der Waals surface area contributed by atoms with Crippen molar-refractivity contribution in [2.75, 3.05) is 6.54 Å². The Morgan fingerprint density at radius 1 is 1.40 bits per heavy atom. The summed E-state index contributed by atoms with van der Waals surface area (Å²) in [6, 6.07) is 5.08. The minimum atomic E-state index is -0.492. The molecular weight excluding hydrogens is 254 g/mol. The maximum Gasteiger partial charge on any atom is 0.407 e. The van der Waals surface area contributed by atoms with Gasteiger partial charge in [0.2, 0.25) is 0 Å². The highest BCUT2D eigenvalue weighted by atomic mass is 16.6. The van der Waals surface area contributed by atoms with Crippen LogP contribution in [0.3, 0.4) is 0 Å². The molecule has 2 N–H and O–H groups in total. The van der Waals surface area contributed by atoms with E-state index in [1.807, 2.05) is 33.8 Å². The number of aromatic hydroxyl groups is 1. The normalized spacial score (nSPS) is 10.4. The molecule has 1 rings (SSSR count).